The molecule has 7 nitrogen and oxygen atoms in total. The summed E-state index contributed by atoms with van der Waals surface area (Å²) in [5, 5.41) is 2.11. The Bertz CT molecular complexity index is 1510. The summed E-state index contributed by atoms with van der Waals surface area (Å²) in [6, 6.07) is 0.667. The van der Waals surface area contributed by atoms with E-state index >= 15 is 0 Å². The van der Waals surface area contributed by atoms with Crippen LogP contribution in [-0.4, -0.2) is 26.6 Å². The minimum atomic E-state index is -4.53. The predicted octanol–water partition coefficient (Wildman–Crippen LogP) is 3.65. The largest absolute Gasteiger partial charge is 0.394 e. The number of nitrogens with one attached hydrogen (secondary N) is 2. The lowest BCUT2D eigenvalue weighted by Crippen LogP contribution is -2.73. The van der Waals surface area contributed by atoms with E-state index < -0.39 is 83.0 Å². The highest BCUT2D eigenvalue weighted by molar-refractivity contribution is 5.83. The van der Waals surface area contributed by atoms with Crippen molar-refractivity contribution < 1.29 is 31.1 Å². The van der Waals surface area contributed by atoms with Crippen molar-refractivity contribution in [1.82, 2.24) is 19.9 Å². The molecule has 13 heteroatoms. The Morgan fingerprint density at radius 1 is 1.11 bits per heavy atom. The average molecular weight is 512 g/mol. The molecular weight excluding hydrogens is 494 g/mol. The first-order valence-electron chi connectivity index (χ1n) is 10.9. The van der Waals surface area contributed by atoms with Crippen molar-refractivity contribution in [2.75, 3.05) is 0 Å². The van der Waals surface area contributed by atoms with Crippen molar-refractivity contribution in [3.8, 4) is 0 Å². The molecule has 6 rings (SSSR count). The fourth-order valence-electron chi connectivity index (χ4n) is 5.67. The van der Waals surface area contributed by atoms with Crippen LogP contribution >= 0.6 is 0 Å². The number of pyridine rings is 1. The normalized spacial score (nSPS) is 24.5. The van der Waals surface area contributed by atoms with Crippen LogP contribution in [0.3, 0.4) is 0 Å². The average Bonchev–Trinajstić information content (AvgIpc) is 2.70. The molecule has 3 aliphatic carbocycles. The molecule has 2 atom stereocenters. The zero-order valence-corrected chi connectivity index (χ0v) is 18.5. The summed E-state index contributed by atoms with van der Waals surface area (Å²) in [5.41, 5.74) is -5.87. The van der Waals surface area contributed by atoms with E-state index in [0.29, 0.717) is 10.6 Å². The number of aromatic nitrogens is 3. The predicted molar refractivity (Wildman–Crippen MR) is 113 cm³/mol. The van der Waals surface area contributed by atoms with Crippen LogP contribution in [0.25, 0.3) is 10.9 Å². The van der Waals surface area contributed by atoms with Gasteiger partial charge in [0, 0.05) is 11.5 Å². The van der Waals surface area contributed by atoms with Crippen molar-refractivity contribution >= 4 is 16.8 Å². The second-order valence-electron chi connectivity index (χ2n) is 9.62. The first-order chi connectivity index (χ1) is 16.8. The van der Waals surface area contributed by atoms with E-state index in [1.165, 1.54) is 6.92 Å². The number of aromatic amines is 1. The summed E-state index contributed by atoms with van der Waals surface area (Å²) in [6.07, 6.45) is -5.29. The number of H-pyrrole nitrogens is 1. The Hall–Kier alpha value is -3.64. The van der Waals surface area contributed by atoms with E-state index in [9.17, 15) is 40.7 Å². The molecule has 2 N–H and O–H groups in total. The Kier molecular flexibility index (Phi) is 5.13. The quantitative estimate of drug-likeness (QED) is 0.510. The SMILES string of the molecule is C[C@H](NC(=O)C(n1c(=O)[nH]c2ccc(F)cc2c1=O)C12CC(C(F)(F)F)(C1)C2)c1ncc(F)cc1F. The highest BCUT2D eigenvalue weighted by atomic mass is 19.4. The van der Waals surface area contributed by atoms with Gasteiger partial charge in [-0.05, 0) is 44.4 Å². The Labute approximate surface area is 198 Å². The molecule has 0 spiro atoms. The number of nitrogens with zero attached hydrogens (tertiary/aromatic N) is 2. The third-order valence-electron chi connectivity index (χ3n) is 7.26. The van der Waals surface area contributed by atoms with Gasteiger partial charge in [0.25, 0.3) is 5.56 Å². The van der Waals surface area contributed by atoms with Gasteiger partial charge in [0.2, 0.25) is 5.91 Å². The zero-order chi connectivity index (χ0) is 26.2. The summed E-state index contributed by atoms with van der Waals surface area (Å²) in [4.78, 5) is 45.5. The number of amides is 1. The van der Waals surface area contributed by atoms with Gasteiger partial charge in [0.1, 0.15) is 23.5 Å². The molecular formula is C23H18F6N4O3. The van der Waals surface area contributed by atoms with Gasteiger partial charge in [-0.3, -0.25) is 14.6 Å². The van der Waals surface area contributed by atoms with Gasteiger partial charge in [0.05, 0.1) is 34.3 Å². The summed E-state index contributed by atoms with van der Waals surface area (Å²) in [7, 11) is 0. The van der Waals surface area contributed by atoms with Crippen LogP contribution in [0.5, 0.6) is 0 Å². The number of hydrogen-bond acceptors (Lipinski definition) is 4. The minimum Gasteiger partial charge on any atom is -0.346 e. The van der Waals surface area contributed by atoms with Gasteiger partial charge in [-0.25, -0.2) is 22.5 Å². The number of halogens is 6. The maximum Gasteiger partial charge on any atom is 0.394 e. The number of hydrogen-bond donors (Lipinski definition) is 2. The van der Waals surface area contributed by atoms with Gasteiger partial charge >= 0.3 is 11.9 Å². The van der Waals surface area contributed by atoms with Crippen LogP contribution in [-0.2, 0) is 4.79 Å². The van der Waals surface area contributed by atoms with E-state index in [0.717, 1.165) is 24.4 Å². The van der Waals surface area contributed by atoms with Gasteiger partial charge in [0.15, 0.2) is 0 Å². The monoisotopic (exact) mass is 512 g/mol. The lowest BCUT2D eigenvalue weighted by atomic mass is 9.32. The molecule has 0 aliphatic heterocycles. The number of rotatable bonds is 5. The van der Waals surface area contributed by atoms with Gasteiger partial charge < -0.3 is 10.3 Å². The zero-order valence-electron chi connectivity index (χ0n) is 18.5. The second-order valence-corrected chi connectivity index (χ2v) is 9.62. The molecule has 3 fully saturated rings. The molecule has 1 amide bonds. The first-order valence-corrected chi connectivity index (χ1v) is 10.9. The maximum absolute atomic E-state index is 14.2. The fourth-order valence-corrected chi connectivity index (χ4v) is 5.67. The number of carbonyl (C=O) groups excluding carboxylic acids is 1. The van der Waals surface area contributed by atoms with Crippen LogP contribution in [0.4, 0.5) is 26.3 Å². The molecule has 190 valence electrons. The molecule has 3 aliphatic rings. The molecule has 2 aromatic heterocycles. The van der Waals surface area contributed by atoms with Gasteiger partial charge in [-0.15, -0.1) is 0 Å². The van der Waals surface area contributed by atoms with Crippen molar-refractivity contribution in [3.63, 3.8) is 0 Å². The number of carbonyl (C=O) groups is 1. The lowest BCUT2D eigenvalue weighted by molar-refractivity contribution is -0.370. The fraction of sp³-hybridized carbons (Fsp3) is 0.391. The topological polar surface area (TPSA) is 96.9 Å². The number of fused-ring (bicyclic) bond motifs is 1. The summed E-state index contributed by atoms with van der Waals surface area (Å²) >= 11 is 0. The first kappa shape index (κ1) is 24.1. The Morgan fingerprint density at radius 2 is 1.78 bits per heavy atom. The smallest absolute Gasteiger partial charge is 0.346 e. The molecule has 1 aromatic carbocycles. The molecule has 3 aromatic rings. The lowest BCUT2D eigenvalue weighted by Gasteiger charge is -2.72. The Balaban J connectivity index is 1.58. The van der Waals surface area contributed by atoms with Gasteiger partial charge in [-0.1, -0.05) is 0 Å². The number of alkyl halides is 3. The van der Waals surface area contributed by atoms with Crippen LogP contribution in [0, 0.1) is 28.3 Å². The van der Waals surface area contributed by atoms with E-state index in [1.54, 1.807) is 0 Å². The van der Waals surface area contributed by atoms with Gasteiger partial charge in [-0.2, -0.15) is 13.2 Å². The van der Waals surface area contributed by atoms with E-state index in [1.807, 2.05) is 0 Å². The van der Waals surface area contributed by atoms with Crippen LogP contribution in [0.2, 0.25) is 0 Å². The summed E-state index contributed by atoms with van der Waals surface area (Å²) < 4.78 is 82.3. The van der Waals surface area contributed by atoms with Crippen molar-refractivity contribution in [3.05, 3.63) is 74.4 Å². The standard InChI is InChI=1S/C23H18F6N4O3/c1-10(16-14(26)5-12(25)6-30-16)31-18(34)17(21-7-22(8-21,9-21)23(27,28)29)33-19(35)13-4-11(24)2-3-15(13)32-20(33)36/h2-6,10,17H,7-9H2,1H3,(H,31,34)(H,32,36)/t10-,17?,21?,22?/m0/s1. The molecule has 2 heterocycles. The van der Waals surface area contributed by atoms with Crippen molar-refractivity contribution in [2.24, 2.45) is 10.8 Å². The van der Waals surface area contributed by atoms with E-state index in [2.05, 4.69) is 15.3 Å². The Morgan fingerprint density at radius 3 is 2.39 bits per heavy atom. The van der Waals surface area contributed by atoms with E-state index in [4.69, 9.17) is 0 Å². The van der Waals surface area contributed by atoms with Crippen molar-refractivity contribution in [2.45, 2.75) is 44.4 Å². The van der Waals surface area contributed by atoms with E-state index in [-0.39, 0.29) is 16.6 Å². The molecule has 36 heavy (non-hydrogen) atoms. The molecule has 0 saturated heterocycles. The highest BCUT2D eigenvalue weighted by Crippen LogP contribution is 2.81. The maximum atomic E-state index is 14.2. The molecule has 0 radical (unpaired) electrons. The third kappa shape index (κ3) is 3.43. The third-order valence-corrected chi connectivity index (χ3v) is 7.26. The summed E-state index contributed by atoms with van der Waals surface area (Å²) in [6.45, 7) is 1.31. The highest BCUT2D eigenvalue weighted by Gasteiger charge is 2.81. The number of benzene rings is 1. The second kappa shape index (κ2) is 7.68. The van der Waals surface area contributed by atoms with Crippen LogP contribution in [0.1, 0.15) is 44.0 Å². The molecule has 3 saturated carbocycles. The van der Waals surface area contributed by atoms with Crippen LogP contribution < -0.4 is 16.6 Å². The van der Waals surface area contributed by atoms with Crippen LogP contribution in [0.15, 0.2) is 40.1 Å². The summed E-state index contributed by atoms with van der Waals surface area (Å²) in [5.74, 6) is -3.85. The minimum absolute atomic E-state index is 0.0166. The molecule has 2 bridgehead atoms. The van der Waals surface area contributed by atoms with Crippen molar-refractivity contribution in [1.29, 1.82) is 0 Å². The molecule has 1 unspecified atom stereocenters.